The van der Waals surface area contributed by atoms with Gasteiger partial charge in [-0.1, -0.05) is 12.1 Å². The van der Waals surface area contributed by atoms with E-state index < -0.39 is 5.60 Å². The summed E-state index contributed by atoms with van der Waals surface area (Å²) in [6, 6.07) is 8.55. The van der Waals surface area contributed by atoms with Gasteiger partial charge in [0.25, 0.3) is 0 Å². The Labute approximate surface area is 138 Å². The molecule has 1 aliphatic carbocycles. The highest BCUT2D eigenvalue weighted by Crippen LogP contribution is 2.28. The molecule has 1 amide bonds. The summed E-state index contributed by atoms with van der Waals surface area (Å²) < 4.78 is 10.7. The van der Waals surface area contributed by atoms with Gasteiger partial charge in [0, 0.05) is 12.1 Å². The van der Waals surface area contributed by atoms with E-state index in [1.54, 1.807) is 7.11 Å². The third kappa shape index (κ3) is 5.66. The molecular weight excluding hydrogens is 292 g/mol. The number of anilines is 1. The number of hydrogen-bond donors (Lipinski definition) is 2. The summed E-state index contributed by atoms with van der Waals surface area (Å²) in [5.74, 6) is 0.863. The molecule has 1 aromatic rings. The summed E-state index contributed by atoms with van der Waals surface area (Å²) in [7, 11) is 1.68. The van der Waals surface area contributed by atoms with Crippen LogP contribution >= 0.6 is 0 Å². The second kappa shape index (κ2) is 7.57. The Bertz CT molecular complexity index is 517. The van der Waals surface area contributed by atoms with Crippen LogP contribution in [0.1, 0.15) is 46.5 Å². The van der Waals surface area contributed by atoms with Crippen molar-refractivity contribution in [1.82, 2.24) is 5.32 Å². The van der Waals surface area contributed by atoms with Gasteiger partial charge in [0.15, 0.2) is 0 Å². The van der Waals surface area contributed by atoms with Crippen molar-refractivity contribution in [3.8, 4) is 5.75 Å². The molecule has 0 saturated heterocycles. The lowest BCUT2D eigenvalue weighted by atomic mass is 9.91. The number of methoxy groups -OCH3 is 1. The van der Waals surface area contributed by atoms with Crippen LogP contribution in [-0.2, 0) is 4.74 Å². The van der Waals surface area contributed by atoms with Crippen molar-refractivity contribution in [2.24, 2.45) is 0 Å². The molecule has 1 aliphatic rings. The Morgan fingerprint density at radius 1 is 1.09 bits per heavy atom. The van der Waals surface area contributed by atoms with Crippen LogP contribution in [0.25, 0.3) is 0 Å². The molecule has 5 nitrogen and oxygen atoms in total. The topological polar surface area (TPSA) is 59.6 Å². The average molecular weight is 320 g/mol. The van der Waals surface area contributed by atoms with E-state index in [9.17, 15) is 4.79 Å². The summed E-state index contributed by atoms with van der Waals surface area (Å²) in [5, 5.41) is 6.51. The maximum absolute atomic E-state index is 11.8. The summed E-state index contributed by atoms with van der Waals surface area (Å²) in [5.41, 5.74) is 0.575. The fraction of sp³-hybridized carbons (Fsp3) is 0.611. The highest BCUT2D eigenvalue weighted by atomic mass is 16.6. The van der Waals surface area contributed by atoms with Crippen LogP contribution in [0.5, 0.6) is 5.75 Å². The number of carbonyl (C=O) groups excluding carboxylic acids is 1. The minimum absolute atomic E-state index is 0.195. The maximum Gasteiger partial charge on any atom is 0.407 e. The van der Waals surface area contributed by atoms with Gasteiger partial charge in [0.05, 0.1) is 12.8 Å². The van der Waals surface area contributed by atoms with E-state index in [1.807, 2.05) is 45.0 Å². The number of para-hydroxylation sites is 2. The van der Waals surface area contributed by atoms with Crippen LogP contribution in [-0.4, -0.2) is 30.9 Å². The van der Waals surface area contributed by atoms with Crippen molar-refractivity contribution in [1.29, 1.82) is 0 Å². The molecule has 23 heavy (non-hydrogen) atoms. The number of carbonyl (C=O) groups is 1. The second-order valence-corrected chi connectivity index (χ2v) is 7.04. The zero-order valence-corrected chi connectivity index (χ0v) is 14.5. The highest BCUT2D eigenvalue weighted by Gasteiger charge is 2.25. The molecule has 1 saturated carbocycles. The van der Waals surface area contributed by atoms with Gasteiger partial charge in [-0.3, -0.25) is 0 Å². The number of alkyl carbamates (subject to hydrolysis) is 1. The van der Waals surface area contributed by atoms with Gasteiger partial charge in [-0.2, -0.15) is 0 Å². The normalized spacial score (nSPS) is 21.4. The Morgan fingerprint density at radius 2 is 1.70 bits per heavy atom. The predicted octanol–water partition coefficient (Wildman–Crippen LogP) is 3.94. The minimum Gasteiger partial charge on any atom is -0.495 e. The van der Waals surface area contributed by atoms with Crippen LogP contribution < -0.4 is 15.4 Å². The lowest BCUT2D eigenvalue weighted by Gasteiger charge is -2.31. The van der Waals surface area contributed by atoms with Crippen LogP contribution in [0.2, 0.25) is 0 Å². The molecule has 0 spiro atoms. The fourth-order valence-corrected chi connectivity index (χ4v) is 2.84. The van der Waals surface area contributed by atoms with E-state index in [0.29, 0.717) is 6.04 Å². The number of hydrogen-bond acceptors (Lipinski definition) is 4. The van der Waals surface area contributed by atoms with Crippen molar-refractivity contribution in [2.45, 2.75) is 64.1 Å². The van der Waals surface area contributed by atoms with Crippen LogP contribution in [0.4, 0.5) is 10.5 Å². The Hall–Kier alpha value is -1.91. The Kier molecular flexibility index (Phi) is 5.74. The van der Waals surface area contributed by atoms with Gasteiger partial charge in [0.1, 0.15) is 11.4 Å². The van der Waals surface area contributed by atoms with Crippen molar-refractivity contribution in [2.75, 3.05) is 12.4 Å². The summed E-state index contributed by atoms with van der Waals surface area (Å²) in [4.78, 5) is 11.8. The first-order valence-electron chi connectivity index (χ1n) is 8.26. The van der Waals surface area contributed by atoms with Crippen molar-refractivity contribution in [3.05, 3.63) is 24.3 Å². The van der Waals surface area contributed by atoms with E-state index >= 15 is 0 Å². The van der Waals surface area contributed by atoms with E-state index in [2.05, 4.69) is 10.6 Å². The molecule has 0 bridgehead atoms. The minimum atomic E-state index is -0.452. The third-order valence-corrected chi connectivity index (χ3v) is 3.91. The van der Waals surface area contributed by atoms with E-state index in [1.165, 1.54) is 0 Å². The van der Waals surface area contributed by atoms with Crippen molar-refractivity contribution in [3.63, 3.8) is 0 Å². The molecule has 128 valence electrons. The molecule has 2 N–H and O–H groups in total. The van der Waals surface area contributed by atoms with E-state index in [0.717, 1.165) is 37.1 Å². The van der Waals surface area contributed by atoms with Crippen LogP contribution in [0, 0.1) is 0 Å². The van der Waals surface area contributed by atoms with Gasteiger partial charge < -0.3 is 20.1 Å². The number of rotatable bonds is 4. The summed E-state index contributed by atoms with van der Waals surface area (Å²) >= 11 is 0. The largest absolute Gasteiger partial charge is 0.495 e. The van der Waals surface area contributed by atoms with Crippen molar-refractivity contribution >= 4 is 11.8 Å². The monoisotopic (exact) mass is 320 g/mol. The smallest absolute Gasteiger partial charge is 0.407 e. The molecule has 1 fully saturated rings. The van der Waals surface area contributed by atoms with Gasteiger partial charge in [-0.05, 0) is 58.6 Å². The second-order valence-electron chi connectivity index (χ2n) is 7.04. The molecule has 0 unspecified atom stereocenters. The lowest BCUT2D eigenvalue weighted by Crippen LogP contribution is -2.42. The quantitative estimate of drug-likeness (QED) is 0.882. The number of benzene rings is 1. The van der Waals surface area contributed by atoms with E-state index in [-0.39, 0.29) is 12.1 Å². The van der Waals surface area contributed by atoms with E-state index in [4.69, 9.17) is 9.47 Å². The zero-order chi connectivity index (χ0) is 16.9. The SMILES string of the molecule is COc1ccccc1NC1CCC(NC(=O)OC(C)(C)C)CC1. The fourth-order valence-electron chi connectivity index (χ4n) is 2.84. The number of nitrogens with one attached hydrogen (secondary N) is 2. The first kappa shape index (κ1) is 17.4. The number of amides is 1. The van der Waals surface area contributed by atoms with Gasteiger partial charge in [0.2, 0.25) is 0 Å². The molecule has 0 heterocycles. The molecule has 0 radical (unpaired) electrons. The summed E-state index contributed by atoms with van der Waals surface area (Å²) in [6.45, 7) is 5.63. The molecular formula is C18H28N2O3. The zero-order valence-electron chi connectivity index (χ0n) is 14.5. The average Bonchev–Trinajstić information content (AvgIpc) is 2.48. The van der Waals surface area contributed by atoms with Gasteiger partial charge >= 0.3 is 6.09 Å². The standard InChI is InChI=1S/C18H28N2O3/c1-18(2,3)23-17(21)20-14-11-9-13(10-12-14)19-15-7-5-6-8-16(15)22-4/h5-8,13-14,19H,9-12H2,1-4H3,(H,20,21). The number of ether oxygens (including phenoxy) is 2. The van der Waals surface area contributed by atoms with Crippen LogP contribution in [0.15, 0.2) is 24.3 Å². The first-order valence-corrected chi connectivity index (χ1v) is 8.26. The summed E-state index contributed by atoms with van der Waals surface area (Å²) in [6.07, 6.45) is 3.61. The molecule has 0 atom stereocenters. The van der Waals surface area contributed by atoms with Gasteiger partial charge in [-0.15, -0.1) is 0 Å². The molecule has 1 aromatic carbocycles. The highest BCUT2D eigenvalue weighted by molar-refractivity contribution is 5.68. The maximum atomic E-state index is 11.8. The van der Waals surface area contributed by atoms with Gasteiger partial charge in [-0.25, -0.2) is 4.79 Å². The Balaban J connectivity index is 1.79. The molecule has 0 aromatic heterocycles. The molecule has 2 rings (SSSR count). The molecule has 0 aliphatic heterocycles. The lowest BCUT2D eigenvalue weighted by molar-refractivity contribution is 0.0492. The third-order valence-electron chi connectivity index (χ3n) is 3.91. The predicted molar refractivity (Wildman–Crippen MR) is 92.0 cm³/mol. The van der Waals surface area contributed by atoms with Crippen LogP contribution in [0.3, 0.4) is 0 Å². The van der Waals surface area contributed by atoms with Crippen molar-refractivity contribution < 1.29 is 14.3 Å². The Morgan fingerprint density at radius 3 is 2.30 bits per heavy atom. The first-order chi connectivity index (χ1) is 10.9. The molecule has 5 heteroatoms.